The predicted octanol–water partition coefficient (Wildman–Crippen LogP) is 1.59. The fraction of sp³-hybridized carbons (Fsp3) is 0.556. The molecule has 1 aromatic rings. The molecule has 2 atom stereocenters. The van der Waals surface area contributed by atoms with Gasteiger partial charge in [0, 0.05) is 4.88 Å². The Hall–Kier alpha value is -0.380. The standard InChI is InChI=1S/C9H15NOS/c1-7(9(10)11)4-5-8-3-2-6-12-8/h2-3,6-7,9,11H,4-5,10H2,1H3/t7-,9?/m1/s1. The average molecular weight is 185 g/mol. The molecule has 1 unspecified atom stereocenters. The lowest BCUT2D eigenvalue weighted by molar-refractivity contribution is 0.119. The van der Waals surface area contributed by atoms with Crippen LogP contribution in [0.2, 0.25) is 0 Å². The molecule has 0 saturated heterocycles. The van der Waals surface area contributed by atoms with Crippen LogP contribution < -0.4 is 5.73 Å². The summed E-state index contributed by atoms with van der Waals surface area (Å²) in [5.41, 5.74) is 5.33. The van der Waals surface area contributed by atoms with E-state index >= 15 is 0 Å². The number of hydrogen-bond acceptors (Lipinski definition) is 3. The smallest absolute Gasteiger partial charge is 0.105 e. The highest BCUT2D eigenvalue weighted by Gasteiger charge is 2.08. The summed E-state index contributed by atoms with van der Waals surface area (Å²) in [5, 5.41) is 11.1. The Morgan fingerprint density at radius 3 is 2.92 bits per heavy atom. The maximum Gasteiger partial charge on any atom is 0.105 e. The van der Waals surface area contributed by atoms with Crippen LogP contribution in [0, 0.1) is 5.92 Å². The quantitative estimate of drug-likeness (QED) is 0.700. The van der Waals surface area contributed by atoms with Gasteiger partial charge in [-0.3, -0.25) is 0 Å². The first-order chi connectivity index (χ1) is 5.70. The Balaban J connectivity index is 2.27. The summed E-state index contributed by atoms with van der Waals surface area (Å²) in [4.78, 5) is 1.36. The third-order valence-electron chi connectivity index (χ3n) is 2.01. The second-order valence-electron chi connectivity index (χ2n) is 3.09. The fourth-order valence-corrected chi connectivity index (χ4v) is 1.72. The van der Waals surface area contributed by atoms with Crippen LogP contribution in [-0.4, -0.2) is 11.3 Å². The summed E-state index contributed by atoms with van der Waals surface area (Å²) in [6.07, 6.45) is 1.30. The highest BCUT2D eigenvalue weighted by Crippen LogP contribution is 2.15. The number of aliphatic hydroxyl groups excluding tert-OH is 1. The first kappa shape index (κ1) is 9.71. The summed E-state index contributed by atoms with van der Waals surface area (Å²) in [5.74, 6) is 0.187. The summed E-state index contributed by atoms with van der Waals surface area (Å²) < 4.78 is 0. The Bertz CT molecular complexity index is 208. The van der Waals surface area contributed by atoms with Crippen molar-refractivity contribution in [3.05, 3.63) is 22.4 Å². The third-order valence-corrected chi connectivity index (χ3v) is 2.95. The molecule has 1 rings (SSSR count). The molecule has 0 bridgehead atoms. The van der Waals surface area contributed by atoms with Gasteiger partial charge in [0.15, 0.2) is 0 Å². The number of thiophene rings is 1. The van der Waals surface area contributed by atoms with Crippen molar-refractivity contribution in [1.82, 2.24) is 0 Å². The molecule has 0 saturated carbocycles. The Morgan fingerprint density at radius 1 is 1.67 bits per heavy atom. The van der Waals surface area contributed by atoms with E-state index in [-0.39, 0.29) is 5.92 Å². The lowest BCUT2D eigenvalue weighted by atomic mass is 10.0. The fourth-order valence-electron chi connectivity index (χ4n) is 0.996. The van der Waals surface area contributed by atoms with Gasteiger partial charge in [0.2, 0.25) is 0 Å². The first-order valence-electron chi connectivity index (χ1n) is 4.16. The van der Waals surface area contributed by atoms with E-state index in [0.29, 0.717) is 0 Å². The summed E-state index contributed by atoms with van der Waals surface area (Å²) in [6.45, 7) is 1.97. The largest absolute Gasteiger partial charge is 0.379 e. The van der Waals surface area contributed by atoms with E-state index in [9.17, 15) is 0 Å². The van der Waals surface area contributed by atoms with Crippen LogP contribution in [0.25, 0.3) is 0 Å². The van der Waals surface area contributed by atoms with Crippen molar-refractivity contribution in [1.29, 1.82) is 0 Å². The second kappa shape index (κ2) is 4.60. The zero-order chi connectivity index (χ0) is 8.97. The van der Waals surface area contributed by atoms with Crippen LogP contribution in [0.5, 0.6) is 0 Å². The lowest BCUT2D eigenvalue weighted by Gasteiger charge is -2.12. The van der Waals surface area contributed by atoms with E-state index in [2.05, 4.69) is 11.4 Å². The highest BCUT2D eigenvalue weighted by atomic mass is 32.1. The summed E-state index contributed by atoms with van der Waals surface area (Å²) in [6, 6.07) is 4.16. The maximum atomic E-state index is 9.03. The molecule has 68 valence electrons. The van der Waals surface area contributed by atoms with Gasteiger partial charge in [-0.25, -0.2) is 0 Å². The molecule has 1 aromatic heterocycles. The summed E-state index contributed by atoms with van der Waals surface area (Å²) in [7, 11) is 0. The monoisotopic (exact) mass is 185 g/mol. The third kappa shape index (κ3) is 2.93. The predicted molar refractivity (Wildman–Crippen MR) is 52.0 cm³/mol. The molecule has 0 aliphatic carbocycles. The van der Waals surface area contributed by atoms with E-state index < -0.39 is 6.23 Å². The van der Waals surface area contributed by atoms with Crippen molar-refractivity contribution >= 4 is 11.3 Å². The first-order valence-corrected chi connectivity index (χ1v) is 5.04. The van der Waals surface area contributed by atoms with Crippen molar-refractivity contribution in [3.63, 3.8) is 0 Å². The van der Waals surface area contributed by atoms with E-state index in [4.69, 9.17) is 10.8 Å². The van der Waals surface area contributed by atoms with Crippen molar-refractivity contribution in [2.75, 3.05) is 0 Å². The Kier molecular flexibility index (Phi) is 3.72. The van der Waals surface area contributed by atoms with Crippen molar-refractivity contribution < 1.29 is 5.11 Å². The molecular formula is C9H15NOS. The van der Waals surface area contributed by atoms with Crippen LogP contribution in [0.1, 0.15) is 18.2 Å². The zero-order valence-corrected chi connectivity index (χ0v) is 8.05. The van der Waals surface area contributed by atoms with Crippen molar-refractivity contribution in [2.45, 2.75) is 26.0 Å². The molecule has 0 amide bonds. The van der Waals surface area contributed by atoms with Gasteiger partial charge in [-0.1, -0.05) is 13.0 Å². The normalized spacial score (nSPS) is 15.9. The molecule has 0 fully saturated rings. The van der Waals surface area contributed by atoms with Crippen molar-refractivity contribution in [3.8, 4) is 0 Å². The molecule has 0 spiro atoms. The van der Waals surface area contributed by atoms with Gasteiger partial charge >= 0.3 is 0 Å². The SMILES string of the molecule is C[C@H](CCc1cccs1)C(N)O. The molecule has 3 N–H and O–H groups in total. The Morgan fingerprint density at radius 2 is 2.42 bits per heavy atom. The van der Waals surface area contributed by atoms with Crippen LogP contribution in [0.3, 0.4) is 0 Å². The number of nitrogens with two attached hydrogens (primary N) is 1. The molecule has 3 heteroatoms. The molecule has 12 heavy (non-hydrogen) atoms. The van der Waals surface area contributed by atoms with Gasteiger partial charge in [0.05, 0.1) is 0 Å². The minimum Gasteiger partial charge on any atom is -0.379 e. The van der Waals surface area contributed by atoms with E-state index in [1.165, 1.54) is 4.88 Å². The maximum absolute atomic E-state index is 9.03. The minimum atomic E-state index is -0.676. The van der Waals surface area contributed by atoms with Gasteiger partial charge in [0.25, 0.3) is 0 Å². The molecular weight excluding hydrogens is 170 g/mol. The zero-order valence-electron chi connectivity index (χ0n) is 7.23. The van der Waals surface area contributed by atoms with Crippen LogP contribution in [0.15, 0.2) is 17.5 Å². The van der Waals surface area contributed by atoms with E-state index in [1.807, 2.05) is 13.0 Å². The molecule has 0 aliphatic heterocycles. The average Bonchev–Trinajstić information content (AvgIpc) is 2.51. The second-order valence-corrected chi connectivity index (χ2v) is 4.12. The number of aliphatic hydroxyl groups is 1. The van der Waals surface area contributed by atoms with Crippen molar-refractivity contribution in [2.24, 2.45) is 11.7 Å². The van der Waals surface area contributed by atoms with Gasteiger partial charge in [0.1, 0.15) is 6.23 Å². The Labute approximate surface area is 77.0 Å². The van der Waals surface area contributed by atoms with E-state index in [0.717, 1.165) is 12.8 Å². The molecule has 0 aliphatic rings. The van der Waals surface area contributed by atoms with Gasteiger partial charge < -0.3 is 10.8 Å². The molecule has 1 heterocycles. The van der Waals surface area contributed by atoms with E-state index in [1.54, 1.807) is 11.3 Å². The van der Waals surface area contributed by atoms with Gasteiger partial charge in [-0.2, -0.15) is 0 Å². The molecule has 0 radical (unpaired) electrons. The lowest BCUT2D eigenvalue weighted by Crippen LogP contribution is -2.27. The van der Waals surface area contributed by atoms with Crippen LogP contribution >= 0.6 is 11.3 Å². The minimum absolute atomic E-state index is 0.187. The van der Waals surface area contributed by atoms with Gasteiger partial charge in [-0.05, 0) is 30.2 Å². The highest BCUT2D eigenvalue weighted by molar-refractivity contribution is 7.09. The molecule has 2 nitrogen and oxygen atoms in total. The topological polar surface area (TPSA) is 46.2 Å². The van der Waals surface area contributed by atoms with Crippen LogP contribution in [-0.2, 0) is 6.42 Å². The van der Waals surface area contributed by atoms with Gasteiger partial charge in [-0.15, -0.1) is 11.3 Å². The van der Waals surface area contributed by atoms with Crippen LogP contribution in [0.4, 0.5) is 0 Å². The number of hydrogen-bond donors (Lipinski definition) is 2. The summed E-state index contributed by atoms with van der Waals surface area (Å²) >= 11 is 1.75. The number of rotatable bonds is 4. The number of aryl methyl sites for hydroxylation is 1. The molecule has 0 aromatic carbocycles.